The van der Waals surface area contributed by atoms with Crippen molar-refractivity contribution in [2.75, 3.05) is 33.4 Å². The Morgan fingerprint density at radius 1 is 1.29 bits per heavy atom. The fraction of sp³-hybridized carbons (Fsp3) is 0.632. The monoisotopic (exact) mass is 332 g/mol. The van der Waals surface area contributed by atoms with E-state index in [0.717, 1.165) is 45.6 Å². The molecule has 0 radical (unpaired) electrons. The highest BCUT2D eigenvalue weighted by Gasteiger charge is 2.34. The fourth-order valence-electron chi connectivity index (χ4n) is 3.55. The summed E-state index contributed by atoms with van der Waals surface area (Å²) in [6.45, 7) is 3.83. The summed E-state index contributed by atoms with van der Waals surface area (Å²) in [5.41, 5.74) is 1.06. The maximum Gasteiger partial charge on any atom is 0.224 e. The van der Waals surface area contributed by atoms with Crippen LogP contribution in [-0.4, -0.2) is 55.9 Å². The molecule has 3 rings (SSSR count). The van der Waals surface area contributed by atoms with Gasteiger partial charge in [-0.3, -0.25) is 4.79 Å². The molecule has 1 aromatic rings. The minimum absolute atomic E-state index is 0.136. The van der Waals surface area contributed by atoms with Crippen molar-refractivity contribution in [1.29, 1.82) is 0 Å². The van der Waals surface area contributed by atoms with Gasteiger partial charge in [0.2, 0.25) is 5.91 Å². The molecule has 2 fully saturated rings. The van der Waals surface area contributed by atoms with Crippen LogP contribution in [0.25, 0.3) is 0 Å². The van der Waals surface area contributed by atoms with E-state index in [1.807, 2.05) is 23.1 Å². The summed E-state index contributed by atoms with van der Waals surface area (Å²) in [6.07, 6.45) is 3.40. The molecule has 1 atom stereocenters. The van der Waals surface area contributed by atoms with Gasteiger partial charge in [0, 0.05) is 65.3 Å². The van der Waals surface area contributed by atoms with Crippen molar-refractivity contribution in [3.8, 4) is 0 Å². The van der Waals surface area contributed by atoms with Crippen LogP contribution in [0, 0.1) is 0 Å². The molecule has 1 N–H and O–H groups in total. The van der Waals surface area contributed by atoms with E-state index in [1.54, 1.807) is 7.11 Å². The van der Waals surface area contributed by atoms with Gasteiger partial charge in [0.05, 0.1) is 5.60 Å². The molecule has 24 heavy (non-hydrogen) atoms. The van der Waals surface area contributed by atoms with Crippen LogP contribution in [-0.2, 0) is 20.8 Å². The number of methoxy groups -OCH3 is 1. The molecule has 0 spiro atoms. The van der Waals surface area contributed by atoms with Crippen LogP contribution in [0.15, 0.2) is 30.3 Å². The number of likely N-dealkylation sites (tertiary alicyclic amines) is 1. The number of nitrogens with one attached hydrogen (secondary N) is 1. The Balaban J connectivity index is 1.47. The van der Waals surface area contributed by atoms with Gasteiger partial charge >= 0.3 is 0 Å². The number of hydrogen-bond donors (Lipinski definition) is 1. The van der Waals surface area contributed by atoms with Gasteiger partial charge in [0.1, 0.15) is 0 Å². The first-order valence-corrected chi connectivity index (χ1v) is 8.89. The van der Waals surface area contributed by atoms with Crippen molar-refractivity contribution >= 4 is 5.91 Å². The number of amides is 1. The third kappa shape index (κ3) is 4.35. The number of ether oxygens (including phenoxy) is 2. The zero-order valence-corrected chi connectivity index (χ0v) is 14.5. The van der Waals surface area contributed by atoms with Gasteiger partial charge in [-0.25, -0.2) is 0 Å². The van der Waals surface area contributed by atoms with Crippen molar-refractivity contribution < 1.29 is 14.3 Å². The molecule has 132 valence electrons. The molecule has 2 aliphatic heterocycles. The second kappa shape index (κ2) is 8.10. The number of hydrogen-bond acceptors (Lipinski definition) is 4. The van der Waals surface area contributed by atoms with E-state index in [0.29, 0.717) is 13.0 Å². The lowest BCUT2D eigenvalue weighted by molar-refractivity contribution is -0.135. The van der Waals surface area contributed by atoms with Crippen LogP contribution in [0.3, 0.4) is 0 Å². The van der Waals surface area contributed by atoms with Crippen LogP contribution in [0.4, 0.5) is 0 Å². The summed E-state index contributed by atoms with van der Waals surface area (Å²) >= 11 is 0. The highest BCUT2D eigenvalue weighted by atomic mass is 16.5. The normalized spacial score (nSPS) is 24.1. The molecule has 2 aliphatic rings. The molecule has 2 saturated heterocycles. The van der Waals surface area contributed by atoms with Crippen LogP contribution in [0.5, 0.6) is 0 Å². The van der Waals surface area contributed by atoms with Crippen molar-refractivity contribution in [2.45, 2.75) is 43.9 Å². The van der Waals surface area contributed by atoms with Crippen LogP contribution < -0.4 is 5.32 Å². The Hall–Kier alpha value is -1.43. The van der Waals surface area contributed by atoms with Crippen molar-refractivity contribution in [3.05, 3.63) is 35.9 Å². The first-order chi connectivity index (χ1) is 11.7. The van der Waals surface area contributed by atoms with E-state index >= 15 is 0 Å². The standard InChI is InChI=1S/C19H28N2O3/c1-23-19(8-11-24-12-9-19)15-20-17-7-10-21(18(22)13-17)14-16-5-3-2-4-6-16/h2-6,17,20H,7-15H2,1H3/t17-/m0/s1. The third-order valence-electron chi connectivity index (χ3n) is 5.29. The van der Waals surface area contributed by atoms with E-state index in [-0.39, 0.29) is 17.6 Å². The quantitative estimate of drug-likeness (QED) is 0.865. The van der Waals surface area contributed by atoms with Gasteiger partial charge in [-0.15, -0.1) is 0 Å². The first kappa shape index (κ1) is 17.4. The Labute approximate surface area is 144 Å². The van der Waals surface area contributed by atoms with Gasteiger partial charge in [0.25, 0.3) is 0 Å². The molecule has 0 aliphatic carbocycles. The maximum absolute atomic E-state index is 12.4. The molecule has 1 aromatic carbocycles. The molecule has 0 aromatic heterocycles. The lowest BCUT2D eigenvalue weighted by atomic mass is 9.93. The molecular weight excluding hydrogens is 304 g/mol. The van der Waals surface area contributed by atoms with Gasteiger partial charge in [-0.1, -0.05) is 30.3 Å². The van der Waals surface area contributed by atoms with Gasteiger partial charge in [-0.2, -0.15) is 0 Å². The van der Waals surface area contributed by atoms with E-state index in [2.05, 4.69) is 17.4 Å². The topological polar surface area (TPSA) is 50.8 Å². The van der Waals surface area contributed by atoms with E-state index < -0.39 is 0 Å². The van der Waals surface area contributed by atoms with Gasteiger partial charge in [-0.05, 0) is 12.0 Å². The molecule has 2 heterocycles. The van der Waals surface area contributed by atoms with E-state index in [4.69, 9.17) is 9.47 Å². The minimum atomic E-state index is -0.136. The minimum Gasteiger partial charge on any atom is -0.381 e. The molecule has 0 saturated carbocycles. The molecule has 5 heteroatoms. The van der Waals surface area contributed by atoms with Crippen molar-refractivity contribution in [2.24, 2.45) is 0 Å². The highest BCUT2D eigenvalue weighted by Crippen LogP contribution is 2.24. The predicted molar refractivity (Wildman–Crippen MR) is 92.7 cm³/mol. The van der Waals surface area contributed by atoms with Gasteiger partial charge < -0.3 is 19.7 Å². The Kier molecular flexibility index (Phi) is 5.87. The maximum atomic E-state index is 12.4. The van der Waals surface area contributed by atoms with Crippen molar-refractivity contribution in [3.63, 3.8) is 0 Å². The summed E-state index contributed by atoms with van der Waals surface area (Å²) < 4.78 is 11.2. The molecule has 0 unspecified atom stereocenters. The number of benzene rings is 1. The van der Waals surface area contributed by atoms with E-state index in [1.165, 1.54) is 5.56 Å². The SMILES string of the molecule is COC1(CN[C@H]2CCN(Cc3ccccc3)C(=O)C2)CCOCC1. The van der Waals surface area contributed by atoms with Crippen LogP contribution in [0.2, 0.25) is 0 Å². The van der Waals surface area contributed by atoms with Gasteiger partial charge in [0.15, 0.2) is 0 Å². The highest BCUT2D eigenvalue weighted by molar-refractivity contribution is 5.77. The molecular formula is C19H28N2O3. The third-order valence-corrected chi connectivity index (χ3v) is 5.29. The molecule has 5 nitrogen and oxygen atoms in total. The predicted octanol–water partition coefficient (Wildman–Crippen LogP) is 1.96. The number of rotatable bonds is 6. The lowest BCUT2D eigenvalue weighted by Crippen LogP contribution is -2.52. The zero-order chi connectivity index (χ0) is 16.8. The molecule has 0 bridgehead atoms. The van der Waals surface area contributed by atoms with Crippen molar-refractivity contribution in [1.82, 2.24) is 10.2 Å². The summed E-state index contributed by atoms with van der Waals surface area (Å²) in [5.74, 6) is 0.237. The fourth-order valence-corrected chi connectivity index (χ4v) is 3.55. The number of carbonyl (C=O) groups excluding carboxylic acids is 1. The van der Waals surface area contributed by atoms with Crippen LogP contribution >= 0.6 is 0 Å². The summed E-state index contributed by atoms with van der Waals surface area (Å²) in [5, 5.41) is 3.57. The Bertz CT molecular complexity index is 529. The second-order valence-corrected chi connectivity index (χ2v) is 6.87. The summed E-state index contributed by atoms with van der Waals surface area (Å²) in [4.78, 5) is 14.4. The summed E-state index contributed by atoms with van der Waals surface area (Å²) in [6, 6.07) is 10.4. The number of piperidine rings is 1. The first-order valence-electron chi connectivity index (χ1n) is 8.89. The zero-order valence-electron chi connectivity index (χ0n) is 14.5. The average molecular weight is 332 g/mol. The lowest BCUT2D eigenvalue weighted by Gasteiger charge is -2.39. The Morgan fingerprint density at radius 2 is 2.04 bits per heavy atom. The number of nitrogens with zero attached hydrogens (tertiary/aromatic N) is 1. The average Bonchev–Trinajstić information content (AvgIpc) is 2.64. The van der Waals surface area contributed by atoms with E-state index in [9.17, 15) is 4.79 Å². The Morgan fingerprint density at radius 3 is 2.71 bits per heavy atom. The summed E-state index contributed by atoms with van der Waals surface area (Å²) in [7, 11) is 1.78. The largest absolute Gasteiger partial charge is 0.381 e. The number of carbonyl (C=O) groups is 1. The second-order valence-electron chi connectivity index (χ2n) is 6.87. The smallest absolute Gasteiger partial charge is 0.224 e. The van der Waals surface area contributed by atoms with Crippen LogP contribution in [0.1, 0.15) is 31.2 Å². The molecule has 1 amide bonds.